The average molecular weight is 392 g/mol. The second-order valence-corrected chi connectivity index (χ2v) is 7.60. The third-order valence-electron chi connectivity index (χ3n) is 6.54. The van der Waals surface area contributed by atoms with Crippen molar-refractivity contribution in [1.29, 1.82) is 21.2 Å². The molecule has 5 rings (SSSR count). The number of benzene rings is 1. The van der Waals surface area contributed by atoms with Crippen LogP contribution in [-0.4, -0.2) is 25.9 Å². The van der Waals surface area contributed by atoms with Crippen molar-refractivity contribution in [1.82, 2.24) is 0 Å². The van der Waals surface area contributed by atoms with E-state index < -0.39 is 34.5 Å². The summed E-state index contributed by atoms with van der Waals surface area (Å²) in [5.74, 6) is -1.40. The summed E-state index contributed by atoms with van der Waals surface area (Å²) in [6, 6.07) is 11.4. The van der Waals surface area contributed by atoms with E-state index in [2.05, 4.69) is 18.2 Å². The third-order valence-corrected chi connectivity index (χ3v) is 6.54. The Labute approximate surface area is 168 Å². The van der Waals surface area contributed by atoms with Crippen LogP contribution in [0, 0.1) is 56.2 Å². The molecule has 2 bridgehead atoms. The van der Waals surface area contributed by atoms with Crippen molar-refractivity contribution >= 4 is 5.90 Å². The number of nitriles is 3. The quantitative estimate of drug-likeness (QED) is 0.835. The molecule has 29 heavy (non-hydrogen) atoms. The molecular formula is C21H20N4O4. The smallest absolute Gasteiger partial charge is 0.218 e. The van der Waals surface area contributed by atoms with E-state index in [0.29, 0.717) is 29.9 Å². The summed E-state index contributed by atoms with van der Waals surface area (Å²) in [5.41, 5.74) is -3.27. The van der Waals surface area contributed by atoms with Gasteiger partial charge in [-0.3, -0.25) is 5.41 Å². The van der Waals surface area contributed by atoms with Crippen molar-refractivity contribution < 1.29 is 18.9 Å². The van der Waals surface area contributed by atoms with Gasteiger partial charge in [0.25, 0.3) is 0 Å². The van der Waals surface area contributed by atoms with Gasteiger partial charge in [0.1, 0.15) is 17.6 Å². The first-order valence-electron chi connectivity index (χ1n) is 9.40. The molecule has 148 valence electrons. The minimum absolute atomic E-state index is 0.401. The highest BCUT2D eigenvalue weighted by molar-refractivity contribution is 5.89. The van der Waals surface area contributed by atoms with Gasteiger partial charge in [0.05, 0.1) is 38.3 Å². The van der Waals surface area contributed by atoms with Gasteiger partial charge in [0.2, 0.25) is 11.7 Å². The van der Waals surface area contributed by atoms with Crippen LogP contribution in [0.25, 0.3) is 0 Å². The molecule has 0 unspecified atom stereocenters. The average Bonchev–Trinajstić information content (AvgIpc) is 2.76. The summed E-state index contributed by atoms with van der Waals surface area (Å²) in [4.78, 5) is 0. The first-order valence-corrected chi connectivity index (χ1v) is 9.40. The van der Waals surface area contributed by atoms with E-state index >= 15 is 0 Å². The monoisotopic (exact) mass is 392 g/mol. The predicted molar refractivity (Wildman–Crippen MR) is 98.6 cm³/mol. The summed E-state index contributed by atoms with van der Waals surface area (Å²) in [6.07, 6.45) is 1.44. The van der Waals surface area contributed by atoms with Gasteiger partial charge in [0.15, 0.2) is 10.8 Å². The molecule has 3 heterocycles. The molecule has 1 aromatic carbocycles. The summed E-state index contributed by atoms with van der Waals surface area (Å²) in [7, 11) is 2.99. The van der Waals surface area contributed by atoms with Crippen LogP contribution in [0.5, 0.6) is 11.5 Å². The second kappa shape index (κ2) is 6.37. The van der Waals surface area contributed by atoms with Gasteiger partial charge in [-0.25, -0.2) is 0 Å². The summed E-state index contributed by atoms with van der Waals surface area (Å²) in [6.45, 7) is 0. The maximum Gasteiger partial charge on any atom is 0.218 e. The number of hydrogen-bond donors (Lipinski definition) is 1. The van der Waals surface area contributed by atoms with E-state index in [1.165, 1.54) is 14.2 Å². The van der Waals surface area contributed by atoms with Crippen molar-refractivity contribution in [2.24, 2.45) is 16.7 Å². The van der Waals surface area contributed by atoms with Crippen LogP contribution in [0.1, 0.15) is 37.4 Å². The van der Waals surface area contributed by atoms with E-state index in [1.54, 1.807) is 18.2 Å². The van der Waals surface area contributed by atoms with Crippen LogP contribution in [0.15, 0.2) is 18.2 Å². The zero-order valence-electron chi connectivity index (χ0n) is 16.2. The van der Waals surface area contributed by atoms with Gasteiger partial charge in [-0.05, 0) is 31.0 Å². The number of hydrogen-bond acceptors (Lipinski definition) is 8. The standard InChI is InChI=1S/C21H20N4O4/c1-26-13-6-7-15(27-2)14(9-13)17-20(12-24)18(25)29-21(28-17)8-4-3-5-16(21)19(20,10-22)11-23/h6-7,9,16-17,25H,3-5,8H2,1-2H3/t16-,17-,20-,21-/m1/s1. The van der Waals surface area contributed by atoms with Crippen LogP contribution in [0.3, 0.4) is 0 Å². The third kappa shape index (κ3) is 2.11. The first kappa shape index (κ1) is 19.1. The number of ether oxygens (including phenoxy) is 4. The largest absolute Gasteiger partial charge is 0.497 e. The molecule has 8 nitrogen and oxygen atoms in total. The number of rotatable bonds is 3. The molecule has 1 aromatic rings. The van der Waals surface area contributed by atoms with Gasteiger partial charge in [-0.1, -0.05) is 6.42 Å². The molecule has 0 aromatic heterocycles. The predicted octanol–water partition coefficient (Wildman–Crippen LogP) is 3.21. The molecule has 4 atom stereocenters. The molecule has 3 aliphatic heterocycles. The normalized spacial score (nSPS) is 34.0. The Kier molecular flexibility index (Phi) is 4.19. The highest BCUT2D eigenvalue weighted by Crippen LogP contribution is 2.69. The Hall–Kier alpha value is -3.28. The molecule has 4 aliphatic rings. The maximum absolute atomic E-state index is 10.3. The van der Waals surface area contributed by atoms with E-state index in [4.69, 9.17) is 24.4 Å². The number of nitrogens with one attached hydrogen (secondary N) is 1. The molecule has 1 saturated carbocycles. The SMILES string of the molecule is COc1ccc(OC)c([C@H]2O[C@@]34CCCC[C@@H]3C(C#N)(C#N)[C@@]2(C#N)C(=N)O4)c1. The number of fused-ring (bicyclic) bond motifs is 2. The Morgan fingerprint density at radius 2 is 1.86 bits per heavy atom. The molecule has 3 saturated heterocycles. The minimum atomic E-state index is -1.93. The minimum Gasteiger partial charge on any atom is -0.497 e. The lowest BCUT2D eigenvalue weighted by Gasteiger charge is -2.63. The van der Waals surface area contributed by atoms with Gasteiger partial charge >= 0.3 is 0 Å². The second-order valence-electron chi connectivity index (χ2n) is 7.60. The van der Waals surface area contributed by atoms with Crippen molar-refractivity contribution in [3.8, 4) is 29.7 Å². The van der Waals surface area contributed by atoms with E-state index in [-0.39, 0.29) is 0 Å². The Morgan fingerprint density at radius 3 is 2.48 bits per heavy atom. The number of methoxy groups -OCH3 is 2. The lowest BCUT2D eigenvalue weighted by molar-refractivity contribution is -0.360. The van der Waals surface area contributed by atoms with Gasteiger partial charge in [-0.15, -0.1) is 0 Å². The Morgan fingerprint density at radius 1 is 1.10 bits per heavy atom. The maximum atomic E-state index is 10.3. The van der Waals surface area contributed by atoms with E-state index in [9.17, 15) is 15.8 Å². The fraction of sp³-hybridized carbons (Fsp3) is 0.524. The zero-order chi connectivity index (χ0) is 20.9. The first-order chi connectivity index (χ1) is 14.0. The van der Waals surface area contributed by atoms with Crippen LogP contribution in [0.4, 0.5) is 0 Å². The van der Waals surface area contributed by atoms with Gasteiger partial charge in [-0.2, -0.15) is 15.8 Å². The topological polar surface area (TPSA) is 132 Å². The van der Waals surface area contributed by atoms with Crippen molar-refractivity contribution in [2.75, 3.05) is 14.2 Å². The number of nitrogens with zero attached hydrogens (tertiary/aromatic N) is 3. The fourth-order valence-electron chi connectivity index (χ4n) is 5.16. The van der Waals surface area contributed by atoms with Crippen molar-refractivity contribution in [2.45, 2.75) is 37.6 Å². The highest BCUT2D eigenvalue weighted by Gasteiger charge is 2.80. The van der Waals surface area contributed by atoms with Crippen LogP contribution >= 0.6 is 0 Å². The van der Waals surface area contributed by atoms with Crippen molar-refractivity contribution in [3.63, 3.8) is 0 Å². The molecule has 0 radical (unpaired) electrons. The van der Waals surface area contributed by atoms with Crippen LogP contribution < -0.4 is 9.47 Å². The van der Waals surface area contributed by atoms with Crippen LogP contribution in [0.2, 0.25) is 0 Å². The Balaban J connectivity index is 2.03. The highest BCUT2D eigenvalue weighted by atomic mass is 16.7. The summed E-state index contributed by atoms with van der Waals surface area (Å²) >= 11 is 0. The summed E-state index contributed by atoms with van der Waals surface area (Å²) < 4.78 is 23.1. The van der Waals surface area contributed by atoms with Gasteiger partial charge < -0.3 is 18.9 Å². The molecule has 0 amide bonds. The molecule has 4 fully saturated rings. The lowest BCUT2D eigenvalue weighted by Crippen LogP contribution is -2.73. The molecule has 8 heteroatoms. The molecular weight excluding hydrogens is 372 g/mol. The molecule has 1 N–H and O–H groups in total. The van der Waals surface area contributed by atoms with E-state index in [1.807, 2.05) is 0 Å². The Bertz CT molecular complexity index is 989. The van der Waals surface area contributed by atoms with Crippen LogP contribution in [-0.2, 0) is 9.47 Å². The fourth-order valence-corrected chi connectivity index (χ4v) is 5.16. The van der Waals surface area contributed by atoms with E-state index in [0.717, 1.165) is 12.8 Å². The lowest BCUT2D eigenvalue weighted by atomic mass is 9.48. The van der Waals surface area contributed by atoms with Gasteiger partial charge in [0, 0.05) is 12.0 Å². The summed E-state index contributed by atoms with van der Waals surface area (Å²) in [5, 5.41) is 39.4. The zero-order valence-corrected chi connectivity index (χ0v) is 16.2. The molecule has 1 aliphatic carbocycles. The van der Waals surface area contributed by atoms with Crippen molar-refractivity contribution in [3.05, 3.63) is 23.8 Å². The molecule has 1 spiro atoms.